The highest BCUT2D eigenvalue weighted by Crippen LogP contribution is 2.45. The molecule has 0 aliphatic rings. The highest BCUT2D eigenvalue weighted by atomic mass is 79.9. The molecule has 7 heteroatoms. The number of pyridine rings is 1. The van der Waals surface area contributed by atoms with Gasteiger partial charge in [-0.25, -0.2) is 4.57 Å². The van der Waals surface area contributed by atoms with Gasteiger partial charge in [-0.05, 0) is 48.5 Å². The molecule has 1 N–H and O–H groups in total. The predicted molar refractivity (Wildman–Crippen MR) is 115 cm³/mol. The van der Waals surface area contributed by atoms with Crippen LogP contribution >= 0.6 is 23.7 Å². The molecule has 0 aliphatic heterocycles. The van der Waals surface area contributed by atoms with Crippen LogP contribution in [0.15, 0.2) is 89.7 Å². The summed E-state index contributed by atoms with van der Waals surface area (Å²) < 4.78 is 20.2. The lowest BCUT2D eigenvalue weighted by Crippen LogP contribution is -2.18. The lowest BCUT2D eigenvalue weighted by Gasteiger charge is -2.22. The first kappa shape index (κ1) is 20.5. The van der Waals surface area contributed by atoms with Crippen LogP contribution in [0, 0.1) is 0 Å². The third-order valence-corrected chi connectivity index (χ3v) is 6.09. The monoisotopic (exact) mass is 458 g/mol. The lowest BCUT2D eigenvalue weighted by atomic mass is 9.99. The fourth-order valence-electron chi connectivity index (χ4n) is 2.57. The van der Waals surface area contributed by atoms with Crippen molar-refractivity contribution in [3.63, 3.8) is 0 Å². The van der Waals surface area contributed by atoms with Gasteiger partial charge in [0.05, 0.1) is 0 Å². The zero-order chi connectivity index (χ0) is 20.0. The van der Waals surface area contributed by atoms with Crippen molar-refractivity contribution in [2.75, 3.05) is 13.6 Å². The Hall–Kier alpha value is -2.24. The fraction of sp³-hybridized carbons (Fsp3) is 0.0952. The minimum absolute atomic E-state index is 0.223. The first-order valence-corrected chi connectivity index (χ1v) is 10.9. The van der Waals surface area contributed by atoms with Gasteiger partial charge >= 0.3 is 7.75 Å². The van der Waals surface area contributed by atoms with Crippen molar-refractivity contribution >= 4 is 29.2 Å². The number of para-hydroxylation sites is 1. The van der Waals surface area contributed by atoms with Crippen molar-refractivity contribution < 1.29 is 14.0 Å². The van der Waals surface area contributed by atoms with Crippen LogP contribution in [0.5, 0.6) is 5.75 Å². The molecule has 0 radical (unpaired) electrons. The molecule has 1 heterocycles. The van der Waals surface area contributed by atoms with Gasteiger partial charge in [0.1, 0.15) is 5.75 Å². The van der Waals surface area contributed by atoms with E-state index in [0.29, 0.717) is 5.75 Å². The van der Waals surface area contributed by atoms with Gasteiger partial charge in [0.15, 0.2) is 0 Å². The Bertz CT molecular complexity index is 980. The minimum atomic E-state index is -3.99. The Morgan fingerprint density at radius 1 is 1.11 bits per heavy atom. The second kappa shape index (κ2) is 9.30. The molecule has 3 rings (SSSR count). The van der Waals surface area contributed by atoms with E-state index < -0.39 is 7.75 Å². The molecule has 3 aromatic rings. The van der Waals surface area contributed by atoms with E-state index in [4.69, 9.17) is 4.52 Å². The molecule has 1 aromatic heterocycles. The average Bonchev–Trinajstić information content (AvgIpc) is 2.70. The standard InChI is InChI=1S/C21H20BrN2O3P/c1-24(28(25,26)27-20-7-3-2-4-8-20)15-13-21(18-6-5-14-23-16-18)17-9-11-19(22)12-10-17/h2-14,16H,15H2,1H3,(H,25,26). The van der Waals surface area contributed by atoms with E-state index in [1.54, 1.807) is 43.7 Å². The summed E-state index contributed by atoms with van der Waals surface area (Å²) in [6, 6.07) is 20.3. The molecule has 144 valence electrons. The summed E-state index contributed by atoms with van der Waals surface area (Å²) in [6.07, 6.45) is 5.38. The smallest absolute Gasteiger partial charge is 0.413 e. The molecule has 0 saturated carbocycles. The number of likely N-dealkylation sites (N-methyl/N-ethyl adjacent to an activating group) is 1. The summed E-state index contributed by atoms with van der Waals surface area (Å²) in [5, 5.41) is 0. The molecule has 1 atom stereocenters. The van der Waals surface area contributed by atoms with Crippen molar-refractivity contribution in [1.82, 2.24) is 9.65 Å². The van der Waals surface area contributed by atoms with E-state index in [1.165, 1.54) is 4.67 Å². The number of benzene rings is 2. The van der Waals surface area contributed by atoms with Crippen LogP contribution in [0.25, 0.3) is 5.57 Å². The van der Waals surface area contributed by atoms with Gasteiger partial charge in [-0.15, -0.1) is 0 Å². The quantitative estimate of drug-likeness (QED) is 0.481. The number of hydrogen-bond donors (Lipinski definition) is 1. The van der Waals surface area contributed by atoms with E-state index in [0.717, 1.165) is 21.2 Å². The molecule has 0 fully saturated rings. The number of rotatable bonds is 7. The molecule has 1 unspecified atom stereocenters. The summed E-state index contributed by atoms with van der Waals surface area (Å²) in [5.41, 5.74) is 2.84. The Morgan fingerprint density at radius 2 is 1.82 bits per heavy atom. The molecule has 0 bridgehead atoms. The Balaban J connectivity index is 1.84. The van der Waals surface area contributed by atoms with Gasteiger partial charge in [0.25, 0.3) is 0 Å². The Labute approximate surface area is 173 Å². The molecule has 2 aromatic carbocycles. The van der Waals surface area contributed by atoms with Crippen LogP contribution in [0.2, 0.25) is 0 Å². The fourth-order valence-corrected chi connectivity index (χ4v) is 3.66. The van der Waals surface area contributed by atoms with E-state index in [-0.39, 0.29) is 6.54 Å². The SMILES string of the molecule is CN(CC=C(c1ccc(Br)cc1)c1cccnc1)P(=O)(O)Oc1ccccc1. The largest absolute Gasteiger partial charge is 0.458 e. The molecular formula is C21H20BrN2O3P. The van der Waals surface area contributed by atoms with Crippen molar-refractivity contribution in [2.24, 2.45) is 0 Å². The van der Waals surface area contributed by atoms with Crippen molar-refractivity contribution in [3.8, 4) is 5.75 Å². The summed E-state index contributed by atoms with van der Waals surface area (Å²) >= 11 is 3.44. The average molecular weight is 459 g/mol. The van der Waals surface area contributed by atoms with Gasteiger partial charge in [-0.2, -0.15) is 4.67 Å². The van der Waals surface area contributed by atoms with Crippen LogP contribution in [-0.4, -0.2) is 28.1 Å². The predicted octanol–water partition coefficient (Wildman–Crippen LogP) is 5.39. The van der Waals surface area contributed by atoms with Crippen LogP contribution in [0.3, 0.4) is 0 Å². The third kappa shape index (κ3) is 5.40. The van der Waals surface area contributed by atoms with Crippen LogP contribution < -0.4 is 4.52 Å². The van der Waals surface area contributed by atoms with E-state index >= 15 is 0 Å². The molecule has 5 nitrogen and oxygen atoms in total. The maximum atomic E-state index is 12.6. The van der Waals surface area contributed by atoms with Crippen molar-refractivity contribution in [3.05, 3.63) is 101 Å². The van der Waals surface area contributed by atoms with Gasteiger partial charge in [0, 0.05) is 29.0 Å². The summed E-state index contributed by atoms with van der Waals surface area (Å²) in [5.74, 6) is 0.351. The molecular weight excluding hydrogens is 439 g/mol. The number of aromatic nitrogens is 1. The normalized spacial score (nSPS) is 13.9. The zero-order valence-electron chi connectivity index (χ0n) is 15.3. The Kier molecular flexibility index (Phi) is 6.81. The first-order chi connectivity index (χ1) is 13.5. The van der Waals surface area contributed by atoms with E-state index in [1.807, 2.05) is 48.5 Å². The second-order valence-corrected chi connectivity index (χ2v) is 8.86. The zero-order valence-corrected chi connectivity index (χ0v) is 17.8. The number of halogens is 1. The topological polar surface area (TPSA) is 62.7 Å². The van der Waals surface area contributed by atoms with Gasteiger partial charge in [-0.1, -0.05) is 58.4 Å². The first-order valence-electron chi connectivity index (χ1n) is 8.61. The van der Waals surface area contributed by atoms with Gasteiger partial charge in [0.2, 0.25) is 0 Å². The highest BCUT2D eigenvalue weighted by molar-refractivity contribution is 9.10. The maximum absolute atomic E-state index is 12.6. The van der Waals surface area contributed by atoms with Gasteiger partial charge < -0.3 is 9.42 Å². The summed E-state index contributed by atoms with van der Waals surface area (Å²) in [6.45, 7) is 0.223. The van der Waals surface area contributed by atoms with E-state index in [9.17, 15) is 9.46 Å². The minimum Gasteiger partial charge on any atom is -0.413 e. The van der Waals surface area contributed by atoms with Crippen molar-refractivity contribution in [2.45, 2.75) is 0 Å². The highest BCUT2D eigenvalue weighted by Gasteiger charge is 2.27. The number of hydrogen-bond acceptors (Lipinski definition) is 3. The molecule has 0 spiro atoms. The van der Waals surface area contributed by atoms with Crippen molar-refractivity contribution in [1.29, 1.82) is 0 Å². The molecule has 28 heavy (non-hydrogen) atoms. The second-order valence-electron chi connectivity index (χ2n) is 6.10. The number of nitrogens with zero attached hydrogens (tertiary/aromatic N) is 2. The van der Waals surface area contributed by atoms with Crippen LogP contribution in [0.1, 0.15) is 11.1 Å². The van der Waals surface area contributed by atoms with Gasteiger partial charge in [-0.3, -0.25) is 4.98 Å². The third-order valence-electron chi connectivity index (χ3n) is 4.09. The molecule has 0 amide bonds. The summed E-state index contributed by atoms with van der Waals surface area (Å²) in [4.78, 5) is 14.5. The molecule has 0 aliphatic carbocycles. The van der Waals surface area contributed by atoms with Crippen LogP contribution in [-0.2, 0) is 4.57 Å². The van der Waals surface area contributed by atoms with Crippen LogP contribution in [0.4, 0.5) is 0 Å². The lowest BCUT2D eigenvalue weighted by molar-refractivity contribution is 0.309. The Morgan fingerprint density at radius 3 is 2.46 bits per heavy atom. The summed E-state index contributed by atoms with van der Waals surface area (Å²) in [7, 11) is -2.43. The molecule has 0 saturated heterocycles. The maximum Gasteiger partial charge on any atom is 0.458 e. The van der Waals surface area contributed by atoms with E-state index in [2.05, 4.69) is 20.9 Å².